The van der Waals surface area contributed by atoms with E-state index < -0.39 is 17.6 Å². The highest BCUT2D eigenvalue weighted by molar-refractivity contribution is 6.32. The molecule has 0 aliphatic rings. The number of benzene rings is 1. The van der Waals surface area contributed by atoms with Crippen molar-refractivity contribution < 1.29 is 19.1 Å². The first-order chi connectivity index (χ1) is 12.8. The molecule has 0 radical (unpaired) electrons. The first-order valence-electron chi connectivity index (χ1n) is 8.41. The van der Waals surface area contributed by atoms with Gasteiger partial charge in [0, 0.05) is 18.8 Å². The van der Waals surface area contributed by atoms with Gasteiger partial charge in [0.1, 0.15) is 11.9 Å². The number of halogens is 1. The normalized spacial score (nSPS) is 13.5. The van der Waals surface area contributed by atoms with E-state index in [1.807, 2.05) is 26.0 Å². The van der Waals surface area contributed by atoms with E-state index in [0.29, 0.717) is 16.3 Å². The largest absolute Gasteiger partial charge is 0.483 e. The van der Waals surface area contributed by atoms with Crippen molar-refractivity contribution in [2.24, 2.45) is 5.92 Å². The second kappa shape index (κ2) is 7.44. The van der Waals surface area contributed by atoms with Crippen molar-refractivity contribution in [2.75, 3.05) is 0 Å². The smallest absolute Gasteiger partial charge is 0.419 e. The van der Waals surface area contributed by atoms with Crippen LogP contribution in [0.2, 0.25) is 5.02 Å². The number of nitrogens with zero attached hydrogens (tertiary/aromatic N) is 2. The minimum atomic E-state index is -0.998. The number of oxazole rings is 1. The van der Waals surface area contributed by atoms with Crippen molar-refractivity contribution in [2.45, 2.75) is 33.4 Å². The molecule has 0 spiro atoms. The molecular weight excluding hydrogens is 372 g/mol. The quantitative estimate of drug-likeness (QED) is 0.687. The highest BCUT2D eigenvalue weighted by Crippen LogP contribution is 2.33. The first-order valence-corrected chi connectivity index (χ1v) is 8.79. The van der Waals surface area contributed by atoms with Crippen molar-refractivity contribution in [3.63, 3.8) is 0 Å². The van der Waals surface area contributed by atoms with E-state index in [4.69, 9.17) is 25.9 Å². The lowest BCUT2D eigenvalue weighted by Gasteiger charge is -2.15. The second-order valence-corrected chi connectivity index (χ2v) is 6.90. The van der Waals surface area contributed by atoms with Crippen molar-refractivity contribution in [3.8, 4) is 5.75 Å². The number of hydrogen-bond donors (Lipinski definition) is 1. The summed E-state index contributed by atoms with van der Waals surface area (Å²) in [5.41, 5.74) is 2.49. The third kappa shape index (κ3) is 3.98. The summed E-state index contributed by atoms with van der Waals surface area (Å²) >= 11 is 6.32. The molecule has 1 N–H and O–H groups in total. The molecule has 1 aromatic carbocycles. The van der Waals surface area contributed by atoms with Crippen LogP contribution >= 0.6 is 11.6 Å². The number of carboxylic acids is 1. The van der Waals surface area contributed by atoms with Gasteiger partial charge in [-0.05, 0) is 31.5 Å². The number of carbonyl (C=O) groups is 1. The molecule has 2 heterocycles. The Morgan fingerprint density at radius 2 is 2.11 bits per heavy atom. The number of fused-ring (bicyclic) bond motifs is 1. The van der Waals surface area contributed by atoms with Crippen LogP contribution in [-0.2, 0) is 11.3 Å². The minimum Gasteiger partial charge on any atom is -0.483 e. The van der Waals surface area contributed by atoms with Gasteiger partial charge in [-0.3, -0.25) is 14.3 Å². The molecule has 0 saturated carbocycles. The van der Waals surface area contributed by atoms with Crippen LogP contribution in [0, 0.1) is 12.8 Å². The van der Waals surface area contributed by atoms with Crippen LogP contribution in [0.15, 0.2) is 39.7 Å². The lowest BCUT2D eigenvalue weighted by atomic mass is 10.2. The summed E-state index contributed by atoms with van der Waals surface area (Å²) in [4.78, 5) is 27.5. The molecule has 8 heteroatoms. The van der Waals surface area contributed by atoms with Crippen LogP contribution in [0.25, 0.3) is 11.1 Å². The number of aryl methyl sites for hydroxylation is 1. The maximum Gasteiger partial charge on any atom is 0.419 e. The molecule has 0 aliphatic carbocycles. The van der Waals surface area contributed by atoms with Gasteiger partial charge in [-0.1, -0.05) is 24.6 Å². The Kier molecular flexibility index (Phi) is 5.23. The van der Waals surface area contributed by atoms with Gasteiger partial charge in [0.2, 0.25) is 0 Å². The monoisotopic (exact) mass is 390 g/mol. The average molecular weight is 391 g/mol. The van der Waals surface area contributed by atoms with Gasteiger partial charge in [-0.15, -0.1) is 0 Å². The Labute approximate surface area is 160 Å². The molecule has 2 atom stereocenters. The highest BCUT2D eigenvalue weighted by atomic mass is 35.5. The van der Waals surface area contributed by atoms with E-state index in [-0.39, 0.29) is 18.2 Å². The summed E-state index contributed by atoms with van der Waals surface area (Å²) < 4.78 is 12.4. The number of carboxylic acid groups (broad SMARTS) is 1. The Morgan fingerprint density at radius 3 is 2.74 bits per heavy atom. The van der Waals surface area contributed by atoms with E-state index in [9.17, 15) is 9.59 Å². The molecule has 0 saturated heterocycles. The predicted molar refractivity (Wildman–Crippen MR) is 100 cm³/mol. The van der Waals surface area contributed by atoms with Crippen LogP contribution in [0.1, 0.15) is 31.2 Å². The Balaban J connectivity index is 1.92. The molecule has 1 unspecified atom stereocenters. The zero-order valence-electron chi connectivity index (χ0n) is 15.1. The van der Waals surface area contributed by atoms with Gasteiger partial charge >= 0.3 is 11.7 Å². The molecule has 0 bridgehead atoms. The Morgan fingerprint density at radius 1 is 1.37 bits per heavy atom. The van der Waals surface area contributed by atoms with Gasteiger partial charge in [-0.2, -0.15) is 0 Å². The zero-order valence-corrected chi connectivity index (χ0v) is 15.9. The molecule has 3 rings (SSSR count). The molecule has 27 heavy (non-hydrogen) atoms. The average Bonchev–Trinajstić information content (AvgIpc) is 2.90. The molecule has 7 nitrogen and oxygen atoms in total. The fourth-order valence-electron chi connectivity index (χ4n) is 2.65. The van der Waals surface area contributed by atoms with E-state index in [1.54, 1.807) is 12.3 Å². The summed E-state index contributed by atoms with van der Waals surface area (Å²) in [6.07, 6.45) is 1.39. The fraction of sp³-hybridized carbons (Fsp3) is 0.316. The maximum atomic E-state index is 12.1. The van der Waals surface area contributed by atoms with Gasteiger partial charge in [0.05, 0.1) is 22.2 Å². The number of aromatic nitrogens is 2. The van der Waals surface area contributed by atoms with E-state index >= 15 is 0 Å². The van der Waals surface area contributed by atoms with Crippen LogP contribution in [-0.4, -0.2) is 20.6 Å². The molecule has 0 aliphatic heterocycles. The summed E-state index contributed by atoms with van der Waals surface area (Å²) in [5.74, 6) is -2.03. The second-order valence-electron chi connectivity index (χ2n) is 6.49. The maximum absolute atomic E-state index is 12.1. The van der Waals surface area contributed by atoms with Gasteiger partial charge in [-0.25, -0.2) is 4.79 Å². The van der Waals surface area contributed by atoms with Gasteiger partial charge in [0.25, 0.3) is 0 Å². The number of pyridine rings is 1. The lowest BCUT2D eigenvalue weighted by Crippen LogP contribution is -2.23. The third-order valence-corrected chi connectivity index (χ3v) is 4.55. The zero-order chi connectivity index (χ0) is 19.7. The number of hydrogen-bond acceptors (Lipinski definition) is 5. The Hall–Kier alpha value is -2.80. The number of ether oxygens (including phenoxy) is 1. The summed E-state index contributed by atoms with van der Waals surface area (Å²) in [6, 6.07) is 6.89. The van der Waals surface area contributed by atoms with E-state index in [2.05, 4.69) is 4.98 Å². The first kappa shape index (κ1) is 19.0. The standard InChI is InChI=1S/C19H19ClN2O5/c1-10-4-5-14(21-8-10)12(3)26-16-7-17-15(6-13(16)20)22(19(25)27-17)9-11(2)18(23)24/h4-8,11-12H,9H2,1-3H3,(H,23,24)/t11?,12-/m1/s1. The van der Waals surface area contributed by atoms with Crippen LogP contribution in [0.4, 0.5) is 0 Å². The van der Waals surface area contributed by atoms with Gasteiger partial charge < -0.3 is 14.3 Å². The van der Waals surface area contributed by atoms with Gasteiger partial charge in [0.15, 0.2) is 5.58 Å². The number of aliphatic carboxylic acids is 1. The lowest BCUT2D eigenvalue weighted by molar-refractivity contribution is -0.141. The fourth-order valence-corrected chi connectivity index (χ4v) is 2.85. The van der Waals surface area contributed by atoms with Crippen molar-refractivity contribution in [3.05, 3.63) is 57.3 Å². The SMILES string of the molecule is Cc1ccc([C@@H](C)Oc2cc3oc(=O)n(CC(C)C(=O)O)c3cc2Cl)nc1. The van der Waals surface area contributed by atoms with Crippen LogP contribution < -0.4 is 10.5 Å². The minimum absolute atomic E-state index is 0.0125. The summed E-state index contributed by atoms with van der Waals surface area (Å²) in [5, 5.41) is 9.36. The van der Waals surface area contributed by atoms with Crippen molar-refractivity contribution in [1.29, 1.82) is 0 Å². The van der Waals surface area contributed by atoms with Crippen LogP contribution in [0.3, 0.4) is 0 Å². The molecule has 0 fully saturated rings. The highest BCUT2D eigenvalue weighted by Gasteiger charge is 2.19. The third-order valence-electron chi connectivity index (χ3n) is 4.25. The summed E-state index contributed by atoms with van der Waals surface area (Å²) in [7, 11) is 0. The topological polar surface area (TPSA) is 94.6 Å². The predicted octanol–water partition coefficient (Wildman–Crippen LogP) is 3.81. The molecule has 142 valence electrons. The van der Waals surface area contributed by atoms with E-state index in [0.717, 1.165) is 11.3 Å². The van der Waals surface area contributed by atoms with Crippen molar-refractivity contribution in [1.82, 2.24) is 9.55 Å². The van der Waals surface area contributed by atoms with Crippen molar-refractivity contribution >= 4 is 28.7 Å². The van der Waals surface area contributed by atoms with Crippen LogP contribution in [0.5, 0.6) is 5.75 Å². The van der Waals surface area contributed by atoms with E-state index in [1.165, 1.54) is 17.6 Å². The Bertz CT molecular complexity index is 1040. The molecule has 0 amide bonds. The summed E-state index contributed by atoms with van der Waals surface area (Å²) in [6.45, 7) is 5.30. The molecule has 2 aromatic heterocycles. The molecule has 3 aromatic rings. The number of rotatable bonds is 6. The molecular formula is C19H19ClN2O5.